The van der Waals surface area contributed by atoms with Crippen LogP contribution < -0.4 is 10.6 Å². The number of ketones is 1. The molecular weight excluding hydrogens is 524 g/mol. The molecule has 1 aromatic carbocycles. The highest BCUT2D eigenvalue weighted by Crippen LogP contribution is 2.23. The first kappa shape index (κ1) is 31.1. The lowest BCUT2D eigenvalue weighted by Crippen LogP contribution is -2.60. The fourth-order valence-corrected chi connectivity index (χ4v) is 3.93. The number of amides is 3. The molecule has 214 valence electrons. The van der Waals surface area contributed by atoms with E-state index in [1.54, 1.807) is 30.3 Å². The van der Waals surface area contributed by atoms with Crippen molar-refractivity contribution in [3.05, 3.63) is 35.9 Å². The maximum atomic E-state index is 14.8. The smallest absolute Gasteiger partial charge is 0.410 e. The van der Waals surface area contributed by atoms with Crippen LogP contribution in [-0.2, 0) is 35.3 Å². The number of carboxylic acid groups (broad SMARTS) is 2. The van der Waals surface area contributed by atoms with Crippen molar-refractivity contribution in [3.8, 4) is 0 Å². The minimum atomic E-state index is -4.75. The largest absolute Gasteiger partial charge is 0.481 e. The molecule has 12 nitrogen and oxygen atoms in total. The number of Topliss-reactive ketones (excluding diaryl/α,β-unsaturated/α-hetero) is 1. The Morgan fingerprint density at radius 2 is 1.72 bits per heavy atom. The zero-order chi connectivity index (χ0) is 29.3. The van der Waals surface area contributed by atoms with E-state index in [9.17, 15) is 37.5 Å². The van der Waals surface area contributed by atoms with Crippen LogP contribution in [-0.4, -0.2) is 81.3 Å². The minimum Gasteiger partial charge on any atom is -0.481 e. The van der Waals surface area contributed by atoms with Crippen LogP contribution in [0, 0.1) is 5.92 Å². The van der Waals surface area contributed by atoms with Gasteiger partial charge in [-0.3, -0.25) is 24.1 Å². The molecule has 0 radical (unpaired) electrons. The lowest BCUT2D eigenvalue weighted by atomic mass is 9.94. The van der Waals surface area contributed by atoms with Crippen LogP contribution in [0.15, 0.2) is 30.3 Å². The van der Waals surface area contributed by atoms with Crippen molar-refractivity contribution in [1.29, 1.82) is 0 Å². The molecule has 3 atom stereocenters. The number of halogens is 2. The maximum Gasteiger partial charge on any atom is 0.410 e. The second-order valence-electron chi connectivity index (χ2n) is 9.36. The molecule has 1 fully saturated rings. The van der Waals surface area contributed by atoms with Crippen molar-refractivity contribution in [2.24, 2.45) is 5.92 Å². The molecule has 1 aromatic rings. The summed E-state index contributed by atoms with van der Waals surface area (Å²) < 4.78 is 34.9. The number of carbonyl (C=O) groups excluding carboxylic acids is 4. The Morgan fingerprint density at radius 3 is 2.28 bits per heavy atom. The third-order valence-corrected chi connectivity index (χ3v) is 6.09. The Bertz CT molecular complexity index is 1080. The predicted octanol–water partition coefficient (Wildman–Crippen LogP) is 1.57. The van der Waals surface area contributed by atoms with Crippen molar-refractivity contribution in [2.75, 3.05) is 6.54 Å². The molecule has 1 heterocycles. The first-order valence-electron chi connectivity index (χ1n) is 12.2. The number of ether oxygens (including phenoxy) is 1. The number of hydrogen-bond acceptors (Lipinski definition) is 7. The van der Waals surface area contributed by atoms with Crippen molar-refractivity contribution in [1.82, 2.24) is 15.5 Å². The van der Waals surface area contributed by atoms with E-state index in [1.807, 2.05) is 0 Å². The van der Waals surface area contributed by atoms with Gasteiger partial charge in [-0.25, -0.2) is 9.59 Å². The number of alkyl halides is 2. The van der Waals surface area contributed by atoms with E-state index in [4.69, 9.17) is 14.9 Å². The highest BCUT2D eigenvalue weighted by molar-refractivity contribution is 6.11. The highest BCUT2D eigenvalue weighted by Gasteiger charge is 2.52. The molecule has 39 heavy (non-hydrogen) atoms. The number of carboxylic acids is 2. The maximum absolute atomic E-state index is 14.8. The summed E-state index contributed by atoms with van der Waals surface area (Å²) in [5.41, 5.74) is 0.713. The second-order valence-corrected chi connectivity index (χ2v) is 9.36. The third kappa shape index (κ3) is 8.45. The summed E-state index contributed by atoms with van der Waals surface area (Å²) >= 11 is 0. The van der Waals surface area contributed by atoms with Crippen LogP contribution in [0.3, 0.4) is 0 Å². The van der Waals surface area contributed by atoms with E-state index in [0.29, 0.717) is 12.0 Å². The van der Waals surface area contributed by atoms with Gasteiger partial charge in [-0.2, -0.15) is 8.78 Å². The number of likely N-dealkylation sites (tertiary alicyclic amines) is 1. The SMILES string of the molecule is CC(C)C(NC(=O)C1CCCN1C(=O)OCc1ccccc1)C(=O)C(F)(F)C(=O)N[C@@H](CCC(=O)O)C(=O)O. The molecule has 0 spiro atoms. The molecule has 0 bridgehead atoms. The molecule has 0 aliphatic carbocycles. The van der Waals surface area contributed by atoms with E-state index < -0.39 is 78.4 Å². The minimum absolute atomic E-state index is 0.0528. The van der Waals surface area contributed by atoms with Crippen LogP contribution in [0.25, 0.3) is 0 Å². The van der Waals surface area contributed by atoms with Crippen molar-refractivity contribution >= 4 is 35.6 Å². The van der Waals surface area contributed by atoms with E-state index >= 15 is 0 Å². The van der Waals surface area contributed by atoms with Crippen molar-refractivity contribution in [3.63, 3.8) is 0 Å². The number of rotatable bonds is 13. The normalized spacial score (nSPS) is 16.7. The Kier molecular flexibility index (Phi) is 10.9. The second kappa shape index (κ2) is 13.6. The summed E-state index contributed by atoms with van der Waals surface area (Å²) in [6.45, 7) is 2.81. The number of carbonyl (C=O) groups is 6. The number of aliphatic carboxylic acids is 2. The third-order valence-electron chi connectivity index (χ3n) is 6.09. The summed E-state index contributed by atoms with van der Waals surface area (Å²) in [7, 11) is 0. The molecule has 0 saturated carbocycles. The topological polar surface area (TPSA) is 179 Å². The van der Waals surface area contributed by atoms with Crippen LogP contribution in [0.2, 0.25) is 0 Å². The van der Waals surface area contributed by atoms with Crippen LogP contribution in [0.5, 0.6) is 0 Å². The van der Waals surface area contributed by atoms with Gasteiger partial charge in [0.2, 0.25) is 11.7 Å². The lowest BCUT2D eigenvalue weighted by molar-refractivity contribution is -0.163. The van der Waals surface area contributed by atoms with Gasteiger partial charge >= 0.3 is 24.0 Å². The lowest BCUT2D eigenvalue weighted by Gasteiger charge is -2.29. The van der Waals surface area contributed by atoms with Gasteiger partial charge in [-0.15, -0.1) is 0 Å². The molecule has 1 aliphatic rings. The Labute approximate surface area is 222 Å². The fraction of sp³-hybridized carbons (Fsp3) is 0.520. The molecule has 0 aromatic heterocycles. The van der Waals surface area contributed by atoms with Crippen LogP contribution >= 0.6 is 0 Å². The van der Waals surface area contributed by atoms with Crippen LogP contribution in [0.1, 0.15) is 45.1 Å². The molecule has 3 amide bonds. The zero-order valence-corrected chi connectivity index (χ0v) is 21.4. The van der Waals surface area contributed by atoms with Gasteiger partial charge in [0.05, 0.1) is 6.04 Å². The average molecular weight is 556 g/mol. The van der Waals surface area contributed by atoms with Gasteiger partial charge < -0.3 is 25.6 Å². The number of nitrogens with one attached hydrogen (secondary N) is 2. The summed E-state index contributed by atoms with van der Waals surface area (Å²) in [5.74, 6) is -13.9. The predicted molar refractivity (Wildman–Crippen MR) is 130 cm³/mol. The standard InChI is InChI=1S/C25H31F2N3O9/c1-14(2)19(20(33)25(26,27)23(37)28-16(22(35)36)10-11-18(31)32)29-21(34)17-9-6-12-30(17)24(38)39-13-15-7-4-3-5-8-15/h3-5,7-8,14,16-17,19H,6,9-13H2,1-2H3,(H,28,37)(H,29,34)(H,31,32)(H,35,36)/t16-,17?,19?/m0/s1. The van der Waals surface area contributed by atoms with Crippen molar-refractivity contribution in [2.45, 2.75) is 70.2 Å². The summed E-state index contributed by atoms with van der Waals surface area (Å²) in [6, 6.07) is 3.84. The first-order valence-corrected chi connectivity index (χ1v) is 12.2. The first-order chi connectivity index (χ1) is 18.2. The molecular formula is C25H31F2N3O9. The molecule has 1 aliphatic heterocycles. The number of benzene rings is 1. The number of hydrogen-bond donors (Lipinski definition) is 4. The van der Waals surface area contributed by atoms with E-state index in [1.165, 1.54) is 19.2 Å². The Hall–Kier alpha value is -4.10. The van der Waals surface area contributed by atoms with Gasteiger partial charge in [0, 0.05) is 13.0 Å². The van der Waals surface area contributed by atoms with E-state index in [0.717, 1.165) is 4.90 Å². The highest BCUT2D eigenvalue weighted by atomic mass is 19.3. The molecule has 14 heteroatoms. The van der Waals surface area contributed by atoms with Crippen LogP contribution in [0.4, 0.5) is 13.6 Å². The molecule has 2 unspecified atom stereocenters. The molecule has 4 N–H and O–H groups in total. The summed E-state index contributed by atoms with van der Waals surface area (Å²) in [6.07, 6.45) is -1.61. The monoisotopic (exact) mass is 555 g/mol. The van der Waals surface area contributed by atoms with Gasteiger partial charge in [0.1, 0.15) is 18.7 Å². The van der Waals surface area contributed by atoms with E-state index in [2.05, 4.69) is 5.32 Å². The average Bonchev–Trinajstić information content (AvgIpc) is 3.38. The van der Waals surface area contributed by atoms with Crippen molar-refractivity contribution < 1.29 is 52.5 Å². The molecule has 1 saturated heterocycles. The van der Waals surface area contributed by atoms with Gasteiger partial charge in [-0.1, -0.05) is 44.2 Å². The molecule has 2 rings (SSSR count). The Morgan fingerprint density at radius 1 is 1.08 bits per heavy atom. The van der Waals surface area contributed by atoms with Gasteiger partial charge in [0.25, 0.3) is 5.91 Å². The van der Waals surface area contributed by atoms with E-state index in [-0.39, 0.29) is 19.6 Å². The number of nitrogens with zero attached hydrogens (tertiary/aromatic N) is 1. The fourth-order valence-electron chi connectivity index (χ4n) is 3.93. The van der Waals surface area contributed by atoms with Gasteiger partial charge in [-0.05, 0) is 30.7 Å². The zero-order valence-electron chi connectivity index (χ0n) is 21.4. The quantitative estimate of drug-likeness (QED) is 0.263. The van der Waals surface area contributed by atoms with Gasteiger partial charge in [0.15, 0.2) is 0 Å². The summed E-state index contributed by atoms with van der Waals surface area (Å²) in [4.78, 5) is 73.5. The summed E-state index contributed by atoms with van der Waals surface area (Å²) in [5, 5.41) is 21.5. The Balaban J connectivity index is 2.08.